The number of methoxy groups -OCH3 is 1. The third-order valence-electron chi connectivity index (χ3n) is 2.84. The molecule has 0 amide bonds. The van der Waals surface area contributed by atoms with Gasteiger partial charge >= 0.3 is 0 Å². The van der Waals surface area contributed by atoms with Gasteiger partial charge in [-0.2, -0.15) is 0 Å². The fraction of sp³-hybridized carbons (Fsp3) is 0.0625. The SMILES string of the molecule is COc1cc(/C=C/C(=O)c2ccccc2Cl)cc(Cl)c1O. The Morgan fingerprint density at radius 2 is 1.90 bits per heavy atom. The number of rotatable bonds is 4. The van der Waals surface area contributed by atoms with E-state index in [1.54, 1.807) is 36.4 Å². The maximum absolute atomic E-state index is 12.1. The smallest absolute Gasteiger partial charge is 0.187 e. The van der Waals surface area contributed by atoms with Gasteiger partial charge in [0.05, 0.1) is 17.2 Å². The molecule has 21 heavy (non-hydrogen) atoms. The maximum atomic E-state index is 12.1. The first-order valence-corrected chi connectivity index (χ1v) is 6.82. The molecular formula is C16H12Cl2O3. The predicted octanol–water partition coefficient (Wildman–Crippen LogP) is 4.60. The summed E-state index contributed by atoms with van der Waals surface area (Å²) in [6.07, 6.45) is 2.98. The summed E-state index contributed by atoms with van der Waals surface area (Å²) in [5.74, 6) is -0.107. The topological polar surface area (TPSA) is 46.5 Å². The Morgan fingerprint density at radius 1 is 1.19 bits per heavy atom. The Labute approximate surface area is 132 Å². The molecule has 0 spiro atoms. The standard InChI is InChI=1S/C16H12Cl2O3/c1-21-15-9-10(8-13(18)16(15)20)6-7-14(19)11-4-2-3-5-12(11)17/h2-9,20H,1H3/b7-6+. The van der Waals surface area contributed by atoms with Crippen LogP contribution in [0.4, 0.5) is 0 Å². The summed E-state index contributed by atoms with van der Waals surface area (Å²) in [7, 11) is 1.42. The van der Waals surface area contributed by atoms with Crippen molar-refractivity contribution in [2.75, 3.05) is 7.11 Å². The Balaban J connectivity index is 2.28. The van der Waals surface area contributed by atoms with Crippen molar-refractivity contribution >= 4 is 35.1 Å². The molecule has 2 rings (SSSR count). The van der Waals surface area contributed by atoms with Crippen molar-refractivity contribution < 1.29 is 14.6 Å². The minimum absolute atomic E-state index is 0.131. The molecule has 2 aromatic carbocycles. The van der Waals surface area contributed by atoms with E-state index in [0.29, 0.717) is 16.1 Å². The highest BCUT2D eigenvalue weighted by atomic mass is 35.5. The minimum atomic E-state index is -0.219. The molecule has 0 aliphatic heterocycles. The van der Waals surface area contributed by atoms with Crippen LogP contribution in [0.1, 0.15) is 15.9 Å². The minimum Gasteiger partial charge on any atom is -0.503 e. The number of aromatic hydroxyl groups is 1. The monoisotopic (exact) mass is 322 g/mol. The third-order valence-corrected chi connectivity index (χ3v) is 3.45. The first kappa shape index (κ1) is 15.4. The van der Waals surface area contributed by atoms with Gasteiger partial charge in [-0.3, -0.25) is 4.79 Å². The van der Waals surface area contributed by atoms with Crippen molar-refractivity contribution in [2.45, 2.75) is 0 Å². The number of ether oxygens (including phenoxy) is 1. The summed E-state index contributed by atoms with van der Waals surface area (Å²) >= 11 is 11.9. The number of halogens is 2. The van der Waals surface area contributed by atoms with Gasteiger partial charge in [-0.25, -0.2) is 0 Å². The molecular weight excluding hydrogens is 311 g/mol. The summed E-state index contributed by atoms with van der Waals surface area (Å²) in [5, 5.41) is 10.2. The summed E-state index contributed by atoms with van der Waals surface area (Å²) < 4.78 is 5.00. The number of ketones is 1. The molecule has 0 radical (unpaired) electrons. The van der Waals surface area contributed by atoms with Crippen molar-refractivity contribution in [3.8, 4) is 11.5 Å². The predicted molar refractivity (Wildman–Crippen MR) is 84.5 cm³/mol. The zero-order chi connectivity index (χ0) is 15.4. The van der Waals surface area contributed by atoms with Crippen LogP contribution in [0.3, 0.4) is 0 Å². The fourth-order valence-corrected chi connectivity index (χ4v) is 2.22. The number of benzene rings is 2. The number of carbonyl (C=O) groups is 1. The average molecular weight is 323 g/mol. The molecule has 0 aromatic heterocycles. The van der Waals surface area contributed by atoms with E-state index >= 15 is 0 Å². The Bertz CT molecular complexity index is 709. The van der Waals surface area contributed by atoms with Gasteiger partial charge in [0.25, 0.3) is 0 Å². The highest BCUT2D eigenvalue weighted by Gasteiger charge is 2.09. The van der Waals surface area contributed by atoms with Gasteiger partial charge in [0.1, 0.15) is 0 Å². The van der Waals surface area contributed by atoms with E-state index in [0.717, 1.165) is 0 Å². The second-order valence-electron chi connectivity index (χ2n) is 4.23. The van der Waals surface area contributed by atoms with Crippen molar-refractivity contribution in [1.82, 2.24) is 0 Å². The zero-order valence-corrected chi connectivity index (χ0v) is 12.7. The van der Waals surface area contributed by atoms with Crippen molar-refractivity contribution in [3.05, 3.63) is 63.6 Å². The van der Waals surface area contributed by atoms with Crippen LogP contribution >= 0.6 is 23.2 Å². The quantitative estimate of drug-likeness (QED) is 0.660. The van der Waals surface area contributed by atoms with Crippen LogP contribution < -0.4 is 4.74 Å². The Kier molecular flexibility index (Phi) is 4.89. The lowest BCUT2D eigenvalue weighted by molar-refractivity contribution is 0.104. The third kappa shape index (κ3) is 3.57. The van der Waals surface area contributed by atoms with Crippen LogP contribution in [0.15, 0.2) is 42.5 Å². The van der Waals surface area contributed by atoms with Crippen LogP contribution in [0.25, 0.3) is 6.08 Å². The van der Waals surface area contributed by atoms with Gasteiger partial charge in [0.15, 0.2) is 17.3 Å². The van der Waals surface area contributed by atoms with Crippen LogP contribution in [-0.2, 0) is 0 Å². The zero-order valence-electron chi connectivity index (χ0n) is 11.1. The van der Waals surface area contributed by atoms with Crippen molar-refractivity contribution in [1.29, 1.82) is 0 Å². The summed E-state index contributed by atoms with van der Waals surface area (Å²) in [4.78, 5) is 12.1. The molecule has 0 aliphatic carbocycles. The largest absolute Gasteiger partial charge is 0.503 e. The molecule has 0 fully saturated rings. The van der Waals surface area contributed by atoms with Crippen LogP contribution in [-0.4, -0.2) is 18.0 Å². The van der Waals surface area contributed by atoms with E-state index in [9.17, 15) is 9.90 Å². The number of hydrogen-bond donors (Lipinski definition) is 1. The van der Waals surface area contributed by atoms with Gasteiger partial charge < -0.3 is 9.84 Å². The average Bonchev–Trinajstić information content (AvgIpc) is 2.48. The van der Waals surface area contributed by atoms with E-state index in [-0.39, 0.29) is 22.3 Å². The van der Waals surface area contributed by atoms with E-state index in [1.165, 1.54) is 19.3 Å². The van der Waals surface area contributed by atoms with Gasteiger partial charge in [-0.1, -0.05) is 41.4 Å². The van der Waals surface area contributed by atoms with E-state index < -0.39 is 0 Å². The molecule has 3 nitrogen and oxygen atoms in total. The molecule has 0 unspecified atom stereocenters. The molecule has 0 heterocycles. The van der Waals surface area contributed by atoms with Crippen molar-refractivity contribution in [3.63, 3.8) is 0 Å². The highest BCUT2D eigenvalue weighted by molar-refractivity contribution is 6.34. The second-order valence-corrected chi connectivity index (χ2v) is 5.05. The van der Waals surface area contributed by atoms with E-state index in [4.69, 9.17) is 27.9 Å². The van der Waals surface area contributed by atoms with E-state index in [2.05, 4.69) is 0 Å². The van der Waals surface area contributed by atoms with E-state index in [1.807, 2.05) is 0 Å². The number of phenolic OH excluding ortho intramolecular Hbond substituents is 1. The van der Waals surface area contributed by atoms with Crippen LogP contribution in [0.5, 0.6) is 11.5 Å². The van der Waals surface area contributed by atoms with Crippen LogP contribution in [0, 0.1) is 0 Å². The Hall–Kier alpha value is -1.97. The Morgan fingerprint density at radius 3 is 2.57 bits per heavy atom. The number of allylic oxidation sites excluding steroid dienone is 1. The molecule has 0 bridgehead atoms. The molecule has 5 heteroatoms. The molecule has 0 saturated carbocycles. The number of hydrogen-bond acceptors (Lipinski definition) is 3. The van der Waals surface area contributed by atoms with Crippen LogP contribution in [0.2, 0.25) is 10.0 Å². The normalized spacial score (nSPS) is 10.8. The summed E-state index contributed by atoms with van der Waals surface area (Å²) in [5.41, 5.74) is 1.06. The van der Waals surface area contributed by atoms with Gasteiger partial charge in [-0.05, 0) is 35.9 Å². The summed E-state index contributed by atoms with van der Waals surface area (Å²) in [6.45, 7) is 0. The van der Waals surface area contributed by atoms with Gasteiger partial charge in [0, 0.05) is 5.56 Å². The fourth-order valence-electron chi connectivity index (χ4n) is 1.77. The molecule has 0 atom stereocenters. The lowest BCUT2D eigenvalue weighted by Crippen LogP contribution is -1.94. The molecule has 0 aliphatic rings. The molecule has 0 saturated heterocycles. The number of carbonyl (C=O) groups excluding carboxylic acids is 1. The second kappa shape index (κ2) is 6.66. The highest BCUT2D eigenvalue weighted by Crippen LogP contribution is 2.35. The maximum Gasteiger partial charge on any atom is 0.187 e. The summed E-state index contributed by atoms with van der Waals surface area (Å²) in [6, 6.07) is 9.93. The number of phenols is 1. The lowest BCUT2D eigenvalue weighted by atomic mass is 10.1. The molecule has 1 N–H and O–H groups in total. The first-order chi connectivity index (χ1) is 10.0. The molecule has 2 aromatic rings. The van der Waals surface area contributed by atoms with Gasteiger partial charge in [-0.15, -0.1) is 0 Å². The van der Waals surface area contributed by atoms with Gasteiger partial charge in [0.2, 0.25) is 0 Å². The first-order valence-electron chi connectivity index (χ1n) is 6.06. The molecule has 108 valence electrons. The lowest BCUT2D eigenvalue weighted by Gasteiger charge is -2.06. The van der Waals surface area contributed by atoms with Crippen molar-refractivity contribution in [2.24, 2.45) is 0 Å².